The number of esters is 1. The summed E-state index contributed by atoms with van der Waals surface area (Å²) in [6, 6.07) is 5.49. The summed E-state index contributed by atoms with van der Waals surface area (Å²) in [5.41, 5.74) is 3.59. The molecule has 0 heterocycles. The van der Waals surface area contributed by atoms with E-state index in [9.17, 15) is 4.79 Å². The molecule has 0 unspecified atom stereocenters. The number of thiocarbonyl (C=S) groups is 1. The third kappa shape index (κ3) is 6.71. The Hall–Kier alpha value is -1.42. The summed E-state index contributed by atoms with van der Waals surface area (Å²) in [4.78, 5) is 11.0. The zero-order chi connectivity index (χ0) is 15.7. The zero-order valence-electron chi connectivity index (χ0n) is 11.7. The van der Waals surface area contributed by atoms with E-state index in [4.69, 9.17) is 17.0 Å². The van der Waals surface area contributed by atoms with E-state index in [0.717, 1.165) is 15.7 Å². The molecule has 1 rings (SSSR count). The number of benzene rings is 1. The number of halogens is 1. The lowest BCUT2D eigenvalue weighted by Crippen LogP contribution is -2.31. The summed E-state index contributed by atoms with van der Waals surface area (Å²) >= 11 is 7.11. The number of rotatable bonds is 6. The average Bonchev–Trinajstić information content (AvgIpc) is 2.46. The van der Waals surface area contributed by atoms with E-state index < -0.39 is 5.97 Å². The highest BCUT2D eigenvalue weighted by molar-refractivity contribution is 14.1. The second-order valence-corrected chi connectivity index (χ2v) is 5.35. The van der Waals surface area contributed by atoms with E-state index in [1.54, 1.807) is 12.3 Å². The molecular weight excluding hydrogens is 405 g/mol. The molecule has 0 aliphatic rings. The number of ether oxygens (including phenoxy) is 2. The fourth-order valence-electron chi connectivity index (χ4n) is 1.28. The maximum absolute atomic E-state index is 11.0. The first-order chi connectivity index (χ1) is 10.1. The van der Waals surface area contributed by atoms with Gasteiger partial charge in [0.1, 0.15) is 5.75 Å². The van der Waals surface area contributed by atoms with Crippen LogP contribution in [0.15, 0.2) is 23.3 Å². The Kier molecular flexibility index (Phi) is 7.98. The van der Waals surface area contributed by atoms with Crippen molar-refractivity contribution in [1.82, 2.24) is 10.7 Å². The molecule has 0 spiro atoms. The molecule has 0 aromatic heterocycles. The van der Waals surface area contributed by atoms with Gasteiger partial charge in [-0.25, -0.2) is 4.79 Å². The normalized spacial score (nSPS) is 10.2. The van der Waals surface area contributed by atoms with Gasteiger partial charge >= 0.3 is 5.97 Å². The highest BCUT2D eigenvalue weighted by Crippen LogP contribution is 2.21. The molecule has 0 saturated heterocycles. The van der Waals surface area contributed by atoms with Crippen molar-refractivity contribution in [3.05, 3.63) is 27.3 Å². The van der Waals surface area contributed by atoms with E-state index in [-0.39, 0.29) is 6.61 Å². The Morgan fingerprint density at radius 2 is 2.29 bits per heavy atom. The van der Waals surface area contributed by atoms with E-state index in [1.807, 2.05) is 19.1 Å². The Bertz CT molecular complexity index is 537. The molecule has 1 aromatic carbocycles. The Balaban J connectivity index is 2.59. The van der Waals surface area contributed by atoms with Crippen LogP contribution in [-0.4, -0.2) is 37.6 Å². The maximum atomic E-state index is 11.0. The largest absolute Gasteiger partial charge is 0.481 e. The fourth-order valence-corrected chi connectivity index (χ4v) is 2.17. The number of carbonyl (C=O) groups is 1. The van der Waals surface area contributed by atoms with Crippen molar-refractivity contribution in [1.29, 1.82) is 0 Å². The summed E-state index contributed by atoms with van der Waals surface area (Å²) in [5, 5.41) is 7.42. The molecule has 21 heavy (non-hydrogen) atoms. The molecule has 0 saturated carbocycles. The van der Waals surface area contributed by atoms with Crippen LogP contribution >= 0.6 is 34.8 Å². The molecule has 114 valence electrons. The lowest BCUT2D eigenvalue weighted by molar-refractivity contribution is -0.142. The highest BCUT2D eigenvalue weighted by Gasteiger charge is 2.05. The Morgan fingerprint density at radius 1 is 1.52 bits per heavy atom. The van der Waals surface area contributed by atoms with Crippen LogP contribution in [0.1, 0.15) is 12.5 Å². The lowest BCUT2D eigenvalue weighted by atomic mass is 10.2. The van der Waals surface area contributed by atoms with Crippen LogP contribution in [0.2, 0.25) is 0 Å². The van der Waals surface area contributed by atoms with Gasteiger partial charge < -0.3 is 14.8 Å². The van der Waals surface area contributed by atoms with Crippen molar-refractivity contribution in [3.8, 4) is 5.75 Å². The van der Waals surface area contributed by atoms with Crippen molar-refractivity contribution in [2.24, 2.45) is 5.10 Å². The highest BCUT2D eigenvalue weighted by atomic mass is 127. The van der Waals surface area contributed by atoms with E-state index in [0.29, 0.717) is 10.9 Å². The molecule has 1 aromatic rings. The predicted octanol–water partition coefficient (Wildman–Crippen LogP) is 1.66. The molecule has 0 radical (unpaired) electrons. The minimum Gasteiger partial charge on any atom is -0.481 e. The van der Waals surface area contributed by atoms with Gasteiger partial charge in [0.15, 0.2) is 11.7 Å². The second kappa shape index (κ2) is 9.50. The van der Waals surface area contributed by atoms with Gasteiger partial charge in [-0.2, -0.15) is 5.10 Å². The van der Waals surface area contributed by atoms with Crippen molar-refractivity contribution in [2.45, 2.75) is 6.92 Å². The molecule has 0 fully saturated rings. The number of carbonyl (C=O) groups excluding carboxylic acids is 1. The van der Waals surface area contributed by atoms with Crippen LogP contribution < -0.4 is 15.5 Å². The summed E-state index contributed by atoms with van der Waals surface area (Å²) in [6.07, 6.45) is 1.65. The first kappa shape index (κ1) is 17.6. The van der Waals surface area contributed by atoms with E-state index in [2.05, 4.69) is 43.2 Å². The first-order valence-electron chi connectivity index (χ1n) is 6.13. The van der Waals surface area contributed by atoms with Gasteiger partial charge in [-0.05, 0) is 65.5 Å². The molecule has 0 bridgehead atoms. The topological polar surface area (TPSA) is 72.0 Å². The number of nitrogens with one attached hydrogen (secondary N) is 2. The monoisotopic (exact) mass is 421 g/mol. The summed E-state index contributed by atoms with van der Waals surface area (Å²) in [5.74, 6) is 0.201. The molecule has 2 N–H and O–H groups in total. The molecule has 6 nitrogen and oxygen atoms in total. The van der Waals surface area contributed by atoms with Gasteiger partial charge in [-0.3, -0.25) is 5.43 Å². The number of hydrazone groups is 1. The van der Waals surface area contributed by atoms with Crippen LogP contribution in [0.4, 0.5) is 0 Å². The zero-order valence-corrected chi connectivity index (χ0v) is 14.7. The molecule has 0 aliphatic carbocycles. The first-order valence-corrected chi connectivity index (χ1v) is 7.61. The van der Waals surface area contributed by atoms with Crippen molar-refractivity contribution in [2.75, 3.05) is 20.3 Å². The molecule has 0 amide bonds. The van der Waals surface area contributed by atoms with Crippen LogP contribution in [0.25, 0.3) is 0 Å². The molecule has 0 aliphatic heterocycles. The maximum Gasteiger partial charge on any atom is 0.343 e. The molecule has 8 heteroatoms. The van der Waals surface area contributed by atoms with Gasteiger partial charge in [-0.15, -0.1) is 0 Å². The van der Waals surface area contributed by atoms with Gasteiger partial charge in [0.05, 0.1) is 16.9 Å². The van der Waals surface area contributed by atoms with Gasteiger partial charge in [0.25, 0.3) is 0 Å². The lowest BCUT2D eigenvalue weighted by Gasteiger charge is -2.07. The summed E-state index contributed by atoms with van der Waals surface area (Å²) < 4.78 is 10.7. The minimum absolute atomic E-state index is 0.113. The molecular formula is C13H16IN3O3S. The van der Waals surface area contributed by atoms with Crippen LogP contribution in [0, 0.1) is 3.57 Å². The van der Waals surface area contributed by atoms with Gasteiger partial charge in [0, 0.05) is 6.54 Å². The summed E-state index contributed by atoms with van der Waals surface area (Å²) in [7, 11) is 1.32. The Labute approximate surface area is 142 Å². The van der Waals surface area contributed by atoms with E-state index in [1.165, 1.54) is 7.11 Å². The second-order valence-electron chi connectivity index (χ2n) is 3.78. The van der Waals surface area contributed by atoms with Gasteiger partial charge in [0.2, 0.25) is 0 Å². The standard InChI is InChI=1S/C13H16IN3O3S/c1-3-15-13(21)17-16-7-9-4-5-11(10(14)6-9)20-8-12(18)19-2/h4-7H,3,8H2,1-2H3,(H2,15,17,21). The fraction of sp³-hybridized carbons (Fsp3) is 0.308. The van der Waals surface area contributed by atoms with Crippen molar-refractivity contribution in [3.63, 3.8) is 0 Å². The van der Waals surface area contributed by atoms with Crippen molar-refractivity contribution >= 4 is 52.1 Å². The number of hydrogen-bond donors (Lipinski definition) is 2. The number of nitrogens with zero attached hydrogens (tertiary/aromatic N) is 1. The van der Waals surface area contributed by atoms with Crippen molar-refractivity contribution < 1.29 is 14.3 Å². The Morgan fingerprint density at radius 3 is 2.90 bits per heavy atom. The van der Waals surface area contributed by atoms with Crippen LogP contribution in [0.3, 0.4) is 0 Å². The average molecular weight is 421 g/mol. The number of methoxy groups -OCH3 is 1. The third-order valence-corrected chi connectivity index (χ3v) is 3.32. The third-order valence-electron chi connectivity index (χ3n) is 2.25. The number of hydrogen-bond acceptors (Lipinski definition) is 5. The quantitative estimate of drug-likeness (QED) is 0.240. The van der Waals surface area contributed by atoms with Gasteiger partial charge in [-0.1, -0.05) is 0 Å². The SMILES string of the molecule is CCNC(=S)NN=Cc1ccc(OCC(=O)OC)c(I)c1. The smallest absolute Gasteiger partial charge is 0.343 e. The summed E-state index contributed by atoms with van der Waals surface area (Å²) in [6.45, 7) is 2.58. The van der Waals surface area contributed by atoms with Crippen LogP contribution in [0.5, 0.6) is 5.75 Å². The van der Waals surface area contributed by atoms with E-state index >= 15 is 0 Å². The minimum atomic E-state index is -0.419. The predicted molar refractivity (Wildman–Crippen MR) is 93.7 cm³/mol. The molecule has 0 atom stereocenters. The van der Waals surface area contributed by atoms with Crippen LogP contribution in [-0.2, 0) is 9.53 Å².